The highest BCUT2D eigenvalue weighted by atomic mass is 79.9. The van der Waals surface area contributed by atoms with Gasteiger partial charge in [-0.3, -0.25) is 0 Å². The van der Waals surface area contributed by atoms with Gasteiger partial charge in [0.1, 0.15) is 0 Å². The number of nitrogens with zero attached hydrogens (tertiary/aromatic N) is 1. The van der Waals surface area contributed by atoms with Crippen molar-refractivity contribution in [3.05, 3.63) is 34.3 Å². The number of hydrogen-bond donors (Lipinski definition) is 0. The monoisotopic (exact) mass is 243 g/mol. The third-order valence-corrected chi connectivity index (χ3v) is 1.94. The summed E-state index contributed by atoms with van der Waals surface area (Å²) in [5.41, 5.74) is 1.35. The van der Waals surface area contributed by atoms with Crippen LogP contribution in [0.5, 0.6) is 0 Å². The Kier molecular flexibility index (Phi) is 6.92. The van der Waals surface area contributed by atoms with E-state index in [0.29, 0.717) is 0 Å². The summed E-state index contributed by atoms with van der Waals surface area (Å²) in [4.78, 5) is 2.16. The maximum Gasteiger partial charge on any atom is 0.0227 e. The molecule has 1 rings (SSSR count). The molecule has 2 heteroatoms. The van der Waals surface area contributed by atoms with Crippen molar-refractivity contribution in [2.24, 2.45) is 0 Å². The first-order valence-corrected chi connectivity index (χ1v) is 5.37. The van der Waals surface area contributed by atoms with Crippen LogP contribution in [0, 0.1) is 0 Å². The molecule has 13 heavy (non-hydrogen) atoms. The third-order valence-electron chi connectivity index (χ3n) is 1.41. The van der Waals surface area contributed by atoms with Crippen LogP contribution in [-0.2, 0) is 6.54 Å². The van der Waals surface area contributed by atoms with Crippen molar-refractivity contribution < 1.29 is 0 Å². The van der Waals surface area contributed by atoms with Gasteiger partial charge in [0, 0.05) is 11.0 Å². The number of hydrogen-bond acceptors (Lipinski definition) is 1. The minimum atomic E-state index is 1.01. The largest absolute Gasteiger partial charge is 0.305 e. The molecule has 0 aromatic heterocycles. The van der Waals surface area contributed by atoms with Crippen molar-refractivity contribution >= 4 is 15.9 Å². The third kappa shape index (κ3) is 5.83. The zero-order valence-corrected chi connectivity index (χ0v) is 10.4. The van der Waals surface area contributed by atoms with Crippen LogP contribution in [0.2, 0.25) is 0 Å². The lowest BCUT2D eigenvalue weighted by Crippen LogP contribution is -2.10. The van der Waals surface area contributed by atoms with Crippen molar-refractivity contribution in [2.45, 2.75) is 20.4 Å². The Labute approximate surface area is 89.9 Å². The molecule has 0 amide bonds. The van der Waals surface area contributed by atoms with Crippen LogP contribution in [0.25, 0.3) is 0 Å². The SMILES string of the molecule is CC.CN(C)Cc1ccc(Br)cc1. The van der Waals surface area contributed by atoms with E-state index in [-0.39, 0.29) is 0 Å². The van der Waals surface area contributed by atoms with Gasteiger partial charge in [0.05, 0.1) is 0 Å². The topological polar surface area (TPSA) is 3.24 Å². The van der Waals surface area contributed by atoms with Crippen LogP contribution < -0.4 is 0 Å². The number of halogens is 1. The lowest BCUT2D eigenvalue weighted by Gasteiger charge is -2.08. The molecule has 0 saturated carbocycles. The average Bonchev–Trinajstić information content (AvgIpc) is 2.12. The Morgan fingerprint density at radius 1 is 1.08 bits per heavy atom. The van der Waals surface area contributed by atoms with Gasteiger partial charge in [-0.05, 0) is 31.8 Å². The first kappa shape index (κ1) is 12.7. The van der Waals surface area contributed by atoms with Crippen LogP contribution in [0.1, 0.15) is 19.4 Å². The van der Waals surface area contributed by atoms with E-state index in [0.717, 1.165) is 11.0 Å². The predicted molar refractivity (Wildman–Crippen MR) is 62.9 cm³/mol. The minimum Gasteiger partial charge on any atom is -0.305 e. The van der Waals surface area contributed by atoms with Gasteiger partial charge in [0.2, 0.25) is 0 Å². The van der Waals surface area contributed by atoms with E-state index in [4.69, 9.17) is 0 Å². The smallest absolute Gasteiger partial charge is 0.0227 e. The molecule has 0 saturated heterocycles. The maximum absolute atomic E-state index is 3.40. The van der Waals surface area contributed by atoms with E-state index in [1.54, 1.807) is 0 Å². The highest BCUT2D eigenvalue weighted by Gasteiger charge is 1.93. The standard InChI is InChI=1S/C9H12BrN.C2H6/c1-11(2)7-8-3-5-9(10)6-4-8;1-2/h3-6H,7H2,1-2H3;1-2H3. The van der Waals surface area contributed by atoms with Crippen molar-refractivity contribution in [1.82, 2.24) is 4.90 Å². The summed E-state index contributed by atoms with van der Waals surface area (Å²) < 4.78 is 1.14. The second-order valence-electron chi connectivity index (χ2n) is 2.86. The molecular formula is C11H18BrN. The summed E-state index contributed by atoms with van der Waals surface area (Å²) >= 11 is 3.40. The fourth-order valence-corrected chi connectivity index (χ4v) is 1.22. The molecule has 0 unspecified atom stereocenters. The Hall–Kier alpha value is -0.340. The van der Waals surface area contributed by atoms with E-state index in [1.165, 1.54) is 5.56 Å². The Balaban J connectivity index is 0.000000671. The summed E-state index contributed by atoms with van der Waals surface area (Å²) in [5, 5.41) is 0. The van der Waals surface area contributed by atoms with E-state index in [2.05, 4.69) is 59.2 Å². The summed E-state index contributed by atoms with van der Waals surface area (Å²) in [5.74, 6) is 0. The fraction of sp³-hybridized carbons (Fsp3) is 0.455. The van der Waals surface area contributed by atoms with E-state index in [9.17, 15) is 0 Å². The minimum absolute atomic E-state index is 1.01. The second-order valence-corrected chi connectivity index (χ2v) is 3.78. The molecule has 0 N–H and O–H groups in total. The molecule has 0 radical (unpaired) electrons. The fourth-order valence-electron chi connectivity index (χ4n) is 0.955. The van der Waals surface area contributed by atoms with Crippen molar-refractivity contribution in [3.8, 4) is 0 Å². The zero-order valence-electron chi connectivity index (χ0n) is 8.84. The summed E-state index contributed by atoms with van der Waals surface area (Å²) in [7, 11) is 4.14. The van der Waals surface area contributed by atoms with Crippen LogP contribution in [-0.4, -0.2) is 19.0 Å². The summed E-state index contributed by atoms with van der Waals surface area (Å²) in [6, 6.07) is 8.39. The van der Waals surface area contributed by atoms with Crippen molar-refractivity contribution in [1.29, 1.82) is 0 Å². The normalized spacial score (nSPS) is 9.38. The van der Waals surface area contributed by atoms with Gasteiger partial charge in [-0.25, -0.2) is 0 Å². The lowest BCUT2D eigenvalue weighted by atomic mass is 10.2. The molecule has 0 spiro atoms. The first-order chi connectivity index (χ1) is 6.18. The molecule has 0 aliphatic rings. The van der Waals surface area contributed by atoms with E-state index >= 15 is 0 Å². The van der Waals surface area contributed by atoms with Gasteiger partial charge < -0.3 is 4.90 Å². The maximum atomic E-state index is 3.40. The Morgan fingerprint density at radius 2 is 1.54 bits per heavy atom. The average molecular weight is 244 g/mol. The molecule has 0 bridgehead atoms. The van der Waals surface area contributed by atoms with Crippen LogP contribution in [0.3, 0.4) is 0 Å². The van der Waals surface area contributed by atoms with Crippen LogP contribution >= 0.6 is 15.9 Å². The van der Waals surface area contributed by atoms with Gasteiger partial charge in [0.25, 0.3) is 0 Å². The van der Waals surface area contributed by atoms with Gasteiger partial charge in [0.15, 0.2) is 0 Å². The second kappa shape index (κ2) is 7.10. The molecule has 1 aromatic carbocycles. The van der Waals surface area contributed by atoms with Gasteiger partial charge in [-0.15, -0.1) is 0 Å². The molecule has 74 valence electrons. The van der Waals surface area contributed by atoms with Crippen LogP contribution in [0.4, 0.5) is 0 Å². The van der Waals surface area contributed by atoms with Crippen LogP contribution in [0.15, 0.2) is 28.7 Å². The molecular weight excluding hydrogens is 226 g/mol. The van der Waals surface area contributed by atoms with E-state index in [1.807, 2.05) is 13.8 Å². The predicted octanol–water partition coefficient (Wildman–Crippen LogP) is 3.54. The highest BCUT2D eigenvalue weighted by molar-refractivity contribution is 9.10. The summed E-state index contributed by atoms with van der Waals surface area (Å²) in [6.45, 7) is 5.01. The first-order valence-electron chi connectivity index (χ1n) is 4.57. The Morgan fingerprint density at radius 3 is 1.92 bits per heavy atom. The van der Waals surface area contributed by atoms with E-state index < -0.39 is 0 Å². The molecule has 0 aliphatic carbocycles. The zero-order chi connectivity index (χ0) is 10.3. The number of rotatable bonds is 2. The highest BCUT2D eigenvalue weighted by Crippen LogP contribution is 2.10. The molecule has 0 fully saturated rings. The van der Waals surface area contributed by atoms with Gasteiger partial charge in [-0.1, -0.05) is 41.9 Å². The molecule has 1 aromatic rings. The Bertz CT molecular complexity index is 216. The molecule has 1 nitrogen and oxygen atoms in total. The molecule has 0 aliphatic heterocycles. The van der Waals surface area contributed by atoms with Crippen molar-refractivity contribution in [2.75, 3.05) is 14.1 Å². The lowest BCUT2D eigenvalue weighted by molar-refractivity contribution is 0.402. The quantitative estimate of drug-likeness (QED) is 0.769. The van der Waals surface area contributed by atoms with Gasteiger partial charge >= 0.3 is 0 Å². The molecule has 0 heterocycles. The molecule has 0 atom stereocenters. The van der Waals surface area contributed by atoms with Crippen molar-refractivity contribution in [3.63, 3.8) is 0 Å². The number of benzene rings is 1. The van der Waals surface area contributed by atoms with Gasteiger partial charge in [-0.2, -0.15) is 0 Å². The summed E-state index contributed by atoms with van der Waals surface area (Å²) in [6.07, 6.45) is 0.